The zero-order valence-electron chi connectivity index (χ0n) is 10.5. The van der Waals surface area contributed by atoms with Crippen LogP contribution >= 0.6 is 0 Å². The molecule has 1 aromatic rings. The molecule has 17 heavy (non-hydrogen) atoms. The Balaban J connectivity index is 1.96. The fourth-order valence-corrected chi connectivity index (χ4v) is 3.45. The van der Waals surface area contributed by atoms with Crippen molar-refractivity contribution in [2.45, 2.75) is 63.8 Å². The van der Waals surface area contributed by atoms with Crippen LogP contribution in [0.4, 0.5) is 0 Å². The lowest BCUT2D eigenvalue weighted by molar-refractivity contribution is 0.297. The Morgan fingerprint density at radius 1 is 1.18 bits per heavy atom. The largest absolute Gasteiger partial charge is 0.396 e. The molecule has 1 fully saturated rings. The average molecular weight is 234 g/mol. The van der Waals surface area contributed by atoms with Crippen molar-refractivity contribution in [1.82, 2.24) is 9.55 Å². The Hall–Kier alpha value is -0.830. The molecular weight excluding hydrogens is 212 g/mol. The number of aromatic nitrogens is 2. The fourth-order valence-electron chi connectivity index (χ4n) is 3.45. The molecular formula is C14H22N2O. The number of nitrogens with zero attached hydrogens (tertiary/aromatic N) is 2. The van der Waals surface area contributed by atoms with Gasteiger partial charge in [-0.3, -0.25) is 0 Å². The van der Waals surface area contributed by atoms with Crippen LogP contribution in [0, 0.1) is 0 Å². The van der Waals surface area contributed by atoms with Crippen LogP contribution in [-0.2, 0) is 19.4 Å². The smallest absolute Gasteiger partial charge is 0.112 e. The van der Waals surface area contributed by atoms with E-state index in [1.165, 1.54) is 55.7 Å². The highest BCUT2D eigenvalue weighted by Crippen LogP contribution is 2.36. The van der Waals surface area contributed by atoms with Gasteiger partial charge < -0.3 is 9.67 Å². The molecule has 3 rings (SSSR count). The van der Waals surface area contributed by atoms with E-state index in [9.17, 15) is 0 Å². The molecule has 1 aliphatic heterocycles. The standard InChI is InChI=1S/C14H22N2O/c17-10-8-12-13-7-3-4-9-16(13)14(15-12)11-5-1-2-6-11/h11,17H,1-10H2. The quantitative estimate of drug-likeness (QED) is 0.872. The summed E-state index contributed by atoms with van der Waals surface area (Å²) in [6.07, 6.45) is 9.83. The summed E-state index contributed by atoms with van der Waals surface area (Å²) in [5.41, 5.74) is 2.60. The highest BCUT2D eigenvalue weighted by atomic mass is 16.3. The second-order valence-corrected chi connectivity index (χ2v) is 5.43. The molecule has 0 spiro atoms. The molecule has 0 radical (unpaired) electrons. The van der Waals surface area contributed by atoms with Crippen LogP contribution in [0.3, 0.4) is 0 Å². The van der Waals surface area contributed by atoms with Gasteiger partial charge in [-0.15, -0.1) is 0 Å². The van der Waals surface area contributed by atoms with Gasteiger partial charge in [-0.05, 0) is 32.1 Å². The molecule has 0 amide bonds. The van der Waals surface area contributed by atoms with E-state index in [0.29, 0.717) is 5.92 Å². The van der Waals surface area contributed by atoms with Gasteiger partial charge in [0.2, 0.25) is 0 Å². The van der Waals surface area contributed by atoms with Gasteiger partial charge in [-0.25, -0.2) is 4.98 Å². The van der Waals surface area contributed by atoms with Crippen molar-refractivity contribution >= 4 is 0 Å². The average Bonchev–Trinajstić information content (AvgIpc) is 2.97. The van der Waals surface area contributed by atoms with Gasteiger partial charge in [-0.2, -0.15) is 0 Å². The number of rotatable bonds is 3. The van der Waals surface area contributed by atoms with Gasteiger partial charge in [0, 0.05) is 31.2 Å². The zero-order valence-corrected chi connectivity index (χ0v) is 10.5. The number of aliphatic hydroxyl groups is 1. The van der Waals surface area contributed by atoms with Crippen molar-refractivity contribution in [1.29, 1.82) is 0 Å². The number of fused-ring (bicyclic) bond motifs is 1. The first kappa shape index (κ1) is 11.3. The normalized spacial score (nSPS) is 20.8. The Labute approximate surface area is 103 Å². The maximum absolute atomic E-state index is 9.15. The van der Waals surface area contributed by atoms with Crippen molar-refractivity contribution in [2.24, 2.45) is 0 Å². The first-order valence-electron chi connectivity index (χ1n) is 7.09. The van der Waals surface area contributed by atoms with Crippen molar-refractivity contribution in [3.05, 3.63) is 17.2 Å². The lowest BCUT2D eigenvalue weighted by atomic mass is 10.1. The van der Waals surface area contributed by atoms with Gasteiger partial charge in [-0.1, -0.05) is 12.8 Å². The summed E-state index contributed by atoms with van der Waals surface area (Å²) in [6, 6.07) is 0. The van der Waals surface area contributed by atoms with Crippen LogP contribution in [0.15, 0.2) is 0 Å². The summed E-state index contributed by atoms with van der Waals surface area (Å²) < 4.78 is 2.48. The lowest BCUT2D eigenvalue weighted by Gasteiger charge is -2.19. The molecule has 2 aliphatic rings. The number of hydrogen-bond acceptors (Lipinski definition) is 2. The summed E-state index contributed by atoms with van der Waals surface area (Å²) in [4.78, 5) is 4.87. The molecule has 0 atom stereocenters. The second-order valence-electron chi connectivity index (χ2n) is 5.43. The first-order chi connectivity index (χ1) is 8.40. The third-order valence-electron chi connectivity index (χ3n) is 4.30. The van der Waals surface area contributed by atoms with E-state index in [-0.39, 0.29) is 6.61 Å². The van der Waals surface area contributed by atoms with E-state index in [4.69, 9.17) is 10.1 Å². The molecule has 3 heteroatoms. The Kier molecular flexibility index (Phi) is 3.19. The monoisotopic (exact) mass is 234 g/mol. The maximum atomic E-state index is 9.15. The van der Waals surface area contributed by atoms with Crippen LogP contribution in [0.1, 0.15) is 61.7 Å². The van der Waals surface area contributed by atoms with Crippen LogP contribution in [0.25, 0.3) is 0 Å². The maximum Gasteiger partial charge on any atom is 0.112 e. The molecule has 0 saturated heterocycles. The van der Waals surface area contributed by atoms with Crippen molar-refractivity contribution < 1.29 is 5.11 Å². The topological polar surface area (TPSA) is 38.1 Å². The third kappa shape index (κ3) is 2.01. The summed E-state index contributed by atoms with van der Waals surface area (Å²) >= 11 is 0. The number of imidazole rings is 1. The Morgan fingerprint density at radius 3 is 2.76 bits per heavy atom. The van der Waals surface area contributed by atoms with Gasteiger partial charge in [0.05, 0.1) is 5.69 Å². The predicted octanol–water partition coefficient (Wildman–Crippen LogP) is 2.41. The van der Waals surface area contributed by atoms with Gasteiger partial charge in [0.25, 0.3) is 0 Å². The second kappa shape index (κ2) is 4.81. The zero-order chi connectivity index (χ0) is 11.7. The lowest BCUT2D eigenvalue weighted by Crippen LogP contribution is -2.15. The summed E-state index contributed by atoms with van der Waals surface area (Å²) in [7, 11) is 0. The first-order valence-corrected chi connectivity index (χ1v) is 7.09. The summed E-state index contributed by atoms with van der Waals surface area (Å²) in [5.74, 6) is 2.03. The van der Waals surface area contributed by atoms with Crippen LogP contribution in [-0.4, -0.2) is 21.3 Å². The highest BCUT2D eigenvalue weighted by Gasteiger charge is 2.26. The van der Waals surface area contributed by atoms with Gasteiger partial charge >= 0.3 is 0 Å². The highest BCUT2D eigenvalue weighted by molar-refractivity contribution is 5.22. The molecule has 1 aliphatic carbocycles. The van der Waals surface area contributed by atoms with E-state index in [1.54, 1.807) is 0 Å². The summed E-state index contributed by atoms with van der Waals surface area (Å²) in [6.45, 7) is 1.38. The minimum Gasteiger partial charge on any atom is -0.396 e. The van der Waals surface area contributed by atoms with E-state index in [0.717, 1.165) is 19.4 Å². The van der Waals surface area contributed by atoms with Crippen LogP contribution in [0.2, 0.25) is 0 Å². The molecule has 94 valence electrons. The molecule has 0 aromatic carbocycles. The van der Waals surface area contributed by atoms with Gasteiger partial charge in [0.1, 0.15) is 5.82 Å². The fraction of sp³-hybridized carbons (Fsp3) is 0.786. The number of hydrogen-bond donors (Lipinski definition) is 1. The van der Waals surface area contributed by atoms with E-state index < -0.39 is 0 Å². The third-order valence-corrected chi connectivity index (χ3v) is 4.30. The van der Waals surface area contributed by atoms with E-state index in [1.807, 2.05) is 0 Å². The van der Waals surface area contributed by atoms with Crippen molar-refractivity contribution in [3.63, 3.8) is 0 Å². The Bertz CT molecular complexity index is 391. The van der Waals surface area contributed by atoms with Crippen LogP contribution < -0.4 is 0 Å². The van der Waals surface area contributed by atoms with E-state index in [2.05, 4.69) is 4.57 Å². The van der Waals surface area contributed by atoms with Crippen molar-refractivity contribution in [3.8, 4) is 0 Å². The minimum atomic E-state index is 0.230. The van der Waals surface area contributed by atoms with Gasteiger partial charge in [0.15, 0.2) is 0 Å². The predicted molar refractivity (Wildman–Crippen MR) is 67.2 cm³/mol. The Morgan fingerprint density at radius 2 is 2.00 bits per heavy atom. The van der Waals surface area contributed by atoms with Crippen molar-refractivity contribution in [2.75, 3.05) is 6.61 Å². The minimum absolute atomic E-state index is 0.230. The molecule has 1 aromatic heterocycles. The molecule has 2 heterocycles. The molecule has 1 saturated carbocycles. The van der Waals surface area contributed by atoms with E-state index >= 15 is 0 Å². The molecule has 1 N–H and O–H groups in total. The van der Waals surface area contributed by atoms with Crippen LogP contribution in [0.5, 0.6) is 0 Å². The molecule has 0 bridgehead atoms. The summed E-state index contributed by atoms with van der Waals surface area (Å²) in [5, 5.41) is 9.15. The molecule has 0 unspecified atom stereocenters. The SMILES string of the molecule is OCCc1nc(C2CCCC2)n2c1CCCC2. The number of aliphatic hydroxyl groups excluding tert-OH is 1. The molecule has 3 nitrogen and oxygen atoms in total.